The molecule has 0 aliphatic carbocycles. The van der Waals surface area contributed by atoms with E-state index in [9.17, 15) is 62.0 Å². The van der Waals surface area contributed by atoms with Crippen molar-refractivity contribution in [3.05, 3.63) is 114 Å². The van der Waals surface area contributed by atoms with Gasteiger partial charge in [0.15, 0.2) is 28.5 Å². The maximum Gasteiger partial charge on any atom is 0.398 e. The van der Waals surface area contributed by atoms with Gasteiger partial charge in [0, 0.05) is 28.0 Å². The zero-order chi connectivity index (χ0) is 57.5. The Labute approximate surface area is 456 Å². The molecule has 0 fully saturated rings. The highest BCUT2D eigenvalue weighted by molar-refractivity contribution is 7.92. The highest BCUT2D eigenvalue weighted by atomic mass is 35.5. The zero-order valence-electron chi connectivity index (χ0n) is 39.9. The van der Waals surface area contributed by atoms with E-state index in [0.717, 1.165) is 48.5 Å². The lowest BCUT2D eigenvalue weighted by atomic mass is 10.0. The van der Waals surface area contributed by atoms with Crippen LogP contribution in [0.5, 0.6) is 11.5 Å². The van der Waals surface area contributed by atoms with Crippen LogP contribution < -0.4 is 16.0 Å². The molecule has 1 aromatic heterocycles. The number of aromatic hydroxyl groups is 2. The van der Waals surface area contributed by atoms with Gasteiger partial charge in [0.2, 0.25) is 32.9 Å². The summed E-state index contributed by atoms with van der Waals surface area (Å²) in [4.78, 5) is 23.1. The summed E-state index contributed by atoms with van der Waals surface area (Å²) in [5, 5.41) is 47.5. The summed E-state index contributed by atoms with van der Waals surface area (Å²) in [7, 11) is -19.4. The first-order chi connectivity index (χ1) is 36.6. The second-order valence-corrected chi connectivity index (χ2v) is 23.3. The number of phenolic OH excluding ortho intramolecular Hbond substituents is 2. The number of carbonyl (C=O) groups is 1. The van der Waals surface area contributed by atoms with Crippen LogP contribution in [-0.4, -0.2) is 107 Å². The minimum absolute atomic E-state index is 0.00189. The van der Waals surface area contributed by atoms with Gasteiger partial charge < -0.3 is 26.2 Å². The summed E-state index contributed by atoms with van der Waals surface area (Å²) in [6, 6.07) is 17.6. The molecule has 0 saturated carbocycles. The lowest BCUT2D eigenvalue weighted by Gasteiger charge is -2.15. The predicted molar refractivity (Wildman–Crippen MR) is 287 cm³/mol. The molecule has 0 spiro atoms. The number of rotatable bonds is 20. The third-order valence-corrected chi connectivity index (χ3v) is 15.1. The number of nitrogens with zero attached hydrogens (tertiary/aromatic N) is 7. The molecular weight excluding hydrogens is 1170 g/mol. The van der Waals surface area contributed by atoms with Crippen LogP contribution >= 0.6 is 23.2 Å². The third kappa shape index (κ3) is 15.3. The molecule has 1 amide bonds. The van der Waals surface area contributed by atoms with Crippen LogP contribution in [0.25, 0.3) is 21.5 Å². The minimum atomic E-state index is -5.10. The SMILES string of the molecule is C=C.Cc1cc(Nc2nc(Cl)nc(Nc3ccc4c(O)c(N=Nc5cc(NC(=O)CS(=O)OCCCl)ccc5S(=O)(=O)O)c(C)cc4c3)n2)c2c(O)c(N=Nc3ccc(S(=O)(=O)COS(=O)(=O)O)cc3)c(S(=O)(=O)O)cc2c1. The molecular formula is C44H40Cl2N10O17S5. The summed E-state index contributed by atoms with van der Waals surface area (Å²) < 4.78 is 146. The van der Waals surface area contributed by atoms with Crippen molar-refractivity contribution in [2.75, 3.05) is 40.1 Å². The molecule has 0 aliphatic rings. The fourth-order valence-electron chi connectivity index (χ4n) is 6.94. The fraction of sp³-hybridized carbons (Fsp3) is 0.136. The number of benzene rings is 6. The summed E-state index contributed by atoms with van der Waals surface area (Å²) in [6.07, 6.45) is 0. The van der Waals surface area contributed by atoms with Crippen LogP contribution in [0.4, 0.5) is 51.7 Å². The molecule has 8 N–H and O–H groups in total. The van der Waals surface area contributed by atoms with Crippen LogP contribution in [0.1, 0.15) is 11.1 Å². The number of aromatic nitrogens is 3. The Kier molecular flexibility index (Phi) is 19.0. The zero-order valence-corrected chi connectivity index (χ0v) is 45.5. The number of phenols is 2. The van der Waals surface area contributed by atoms with E-state index in [-0.39, 0.29) is 74.3 Å². The molecule has 0 bridgehead atoms. The number of amides is 1. The maximum atomic E-state index is 12.6. The van der Waals surface area contributed by atoms with Crippen molar-refractivity contribution >= 4 is 154 Å². The average molecular weight is 1210 g/mol. The summed E-state index contributed by atoms with van der Waals surface area (Å²) >= 11 is 9.83. The molecule has 0 saturated heterocycles. The van der Waals surface area contributed by atoms with E-state index in [1.165, 1.54) is 24.3 Å². The number of carbonyl (C=O) groups excluding carboxylic acids is 1. The van der Waals surface area contributed by atoms with Gasteiger partial charge in [-0.2, -0.15) is 45.3 Å². The standard InChI is InChI=1S/C42H36Cl2N10O17S5.C2H4/c1-21-13-24-17-33(75(64,65)66)37(54-51-25-3-7-28(8-4-25)73(59,60)20-71-76(67,68)69)39(57)35(24)31(14-21)47-42-49-40(44)48-41(50-42)46-26-5-9-29-23(16-26)15-22(2)36(38(29)56)53-52-30-18-27(6-10-32(30)74(61,62)63)45-34(55)19-72(58)70-12-11-43;1-2/h3-10,13-18,56-57H,11-12,19-20H2,1-2H3,(H,45,55)(H,61,62,63)(H,64,65,66)(H,67,68,69)(H2,46,47,48,49,50);1-2H2. The van der Waals surface area contributed by atoms with Crippen LogP contribution in [0, 0.1) is 13.8 Å². The van der Waals surface area contributed by atoms with Crippen LogP contribution in [-0.2, 0) is 64.7 Å². The predicted octanol–water partition coefficient (Wildman–Crippen LogP) is 8.88. The fourth-order valence-corrected chi connectivity index (χ4v) is 10.9. The van der Waals surface area contributed by atoms with Crippen LogP contribution in [0.3, 0.4) is 0 Å². The first-order valence-corrected chi connectivity index (χ1v) is 29.4. The highest BCUT2D eigenvalue weighted by Gasteiger charge is 2.25. The van der Waals surface area contributed by atoms with E-state index in [1.807, 2.05) is 0 Å². The molecule has 7 aromatic rings. The molecule has 27 nitrogen and oxygen atoms in total. The summed E-state index contributed by atoms with van der Waals surface area (Å²) in [6.45, 7) is 9.14. The summed E-state index contributed by atoms with van der Waals surface area (Å²) in [5.74, 6) is -4.23. The number of nitrogens with one attached hydrogen (secondary N) is 3. The number of azo groups is 2. The summed E-state index contributed by atoms with van der Waals surface area (Å²) in [5.41, 5.74) is -0.0862. The van der Waals surface area contributed by atoms with Gasteiger partial charge in [0.05, 0.1) is 22.9 Å². The Morgan fingerprint density at radius 1 is 0.718 bits per heavy atom. The lowest BCUT2D eigenvalue weighted by Crippen LogP contribution is -2.21. The Balaban J connectivity index is 0.00000486. The van der Waals surface area contributed by atoms with Crippen LogP contribution in [0.2, 0.25) is 5.28 Å². The molecule has 0 aliphatic heterocycles. The first-order valence-electron chi connectivity index (χ1n) is 21.4. The molecule has 1 atom stereocenters. The van der Waals surface area contributed by atoms with Crippen molar-refractivity contribution in [2.45, 2.75) is 28.5 Å². The van der Waals surface area contributed by atoms with E-state index >= 15 is 0 Å². The van der Waals surface area contributed by atoms with Gasteiger partial charge in [-0.05, 0) is 126 Å². The molecule has 1 heterocycles. The molecule has 0 radical (unpaired) electrons. The van der Waals surface area contributed by atoms with Gasteiger partial charge in [0.25, 0.3) is 20.2 Å². The van der Waals surface area contributed by atoms with Crippen molar-refractivity contribution in [3.8, 4) is 11.5 Å². The smallest absolute Gasteiger partial charge is 0.398 e. The van der Waals surface area contributed by atoms with E-state index in [1.54, 1.807) is 26.0 Å². The number of halogens is 2. The Bertz CT molecular complexity index is 4070. The molecule has 7 rings (SSSR count). The van der Waals surface area contributed by atoms with Crippen molar-refractivity contribution < 1.29 is 74.9 Å². The van der Waals surface area contributed by atoms with Gasteiger partial charge in [-0.1, -0.05) is 6.07 Å². The monoisotopic (exact) mass is 1210 g/mol. The maximum absolute atomic E-state index is 12.6. The number of aryl methyl sites for hydroxylation is 2. The largest absolute Gasteiger partial charge is 0.505 e. The number of anilines is 5. The first kappa shape index (κ1) is 60.0. The molecule has 78 heavy (non-hydrogen) atoms. The van der Waals surface area contributed by atoms with Gasteiger partial charge in [-0.3, -0.25) is 22.6 Å². The van der Waals surface area contributed by atoms with Crippen molar-refractivity contribution in [1.82, 2.24) is 15.0 Å². The van der Waals surface area contributed by atoms with E-state index in [0.29, 0.717) is 22.2 Å². The van der Waals surface area contributed by atoms with Gasteiger partial charge in [0.1, 0.15) is 32.6 Å². The second kappa shape index (κ2) is 24.6. The topological polar surface area (TPSA) is 415 Å². The molecule has 1 unspecified atom stereocenters. The van der Waals surface area contributed by atoms with Gasteiger partial charge >= 0.3 is 10.4 Å². The highest BCUT2D eigenvalue weighted by Crippen LogP contribution is 2.46. The van der Waals surface area contributed by atoms with E-state index in [2.05, 4.69) is 68.7 Å². The van der Waals surface area contributed by atoms with E-state index in [4.69, 9.17) is 31.9 Å². The number of alkyl halides is 1. The van der Waals surface area contributed by atoms with Crippen molar-refractivity contribution in [1.29, 1.82) is 0 Å². The quantitative estimate of drug-likeness (QED) is 0.0153. The molecule has 6 aromatic carbocycles. The lowest BCUT2D eigenvalue weighted by molar-refractivity contribution is -0.113. The second-order valence-electron chi connectivity index (χ2n) is 15.6. The van der Waals surface area contributed by atoms with Gasteiger partial charge in [-0.15, -0.1) is 40.1 Å². The van der Waals surface area contributed by atoms with E-state index < -0.39 is 101 Å². The normalized spacial score (nSPS) is 12.7. The van der Waals surface area contributed by atoms with Crippen LogP contribution in [0.15, 0.2) is 133 Å². The molecule has 34 heteroatoms. The number of fused-ring (bicyclic) bond motifs is 2. The third-order valence-electron chi connectivity index (χ3n) is 10.1. The van der Waals surface area contributed by atoms with Crippen molar-refractivity contribution in [2.24, 2.45) is 20.5 Å². The Morgan fingerprint density at radius 2 is 1.36 bits per heavy atom. The van der Waals surface area contributed by atoms with Crippen molar-refractivity contribution in [3.63, 3.8) is 0 Å². The minimum Gasteiger partial charge on any atom is -0.505 e. The molecule has 412 valence electrons. The number of sulfone groups is 1. The average Bonchev–Trinajstić information content (AvgIpc) is 3.41. The number of hydrogen-bond acceptors (Lipinski definition) is 23. The number of hydrogen-bond donors (Lipinski definition) is 8. The Hall–Kier alpha value is -7.21. The van der Waals surface area contributed by atoms with Gasteiger partial charge in [-0.25, -0.2) is 16.8 Å². The Morgan fingerprint density at radius 3 is 2.00 bits per heavy atom.